The number of carbonyl (C=O) groups excluding carboxylic acids is 11. The monoisotopic (exact) mass is 1370 g/mol. The second-order valence-electron chi connectivity index (χ2n) is 28.9. The fourth-order valence-electron chi connectivity index (χ4n) is 12.1. The van der Waals surface area contributed by atoms with E-state index in [9.17, 15) is 39.3 Å². The largest absolute Gasteiger partial charge is 0.396 e. The molecule has 1 heterocycles. The van der Waals surface area contributed by atoms with Crippen LogP contribution in [-0.4, -0.2) is 261 Å². The Balaban J connectivity index is 4.54. The van der Waals surface area contributed by atoms with Crippen LogP contribution in [-0.2, 0) is 52.7 Å². The summed E-state index contributed by atoms with van der Waals surface area (Å²) in [6.07, 6.45) is 3.11. The van der Waals surface area contributed by atoms with Crippen LogP contribution < -0.4 is 21.3 Å². The first-order valence-corrected chi connectivity index (χ1v) is 35.9. The Labute approximate surface area is 573 Å². The normalized spacial score (nSPS) is 26.0. The molecule has 11 amide bonds. The third-order valence-electron chi connectivity index (χ3n) is 18.2. The molecule has 548 valence electrons. The molecule has 13 atom stereocenters. The summed E-state index contributed by atoms with van der Waals surface area (Å²) in [6, 6.07) is -13.9. The van der Waals surface area contributed by atoms with Gasteiger partial charge in [-0.1, -0.05) is 116 Å². The Morgan fingerprint density at radius 2 is 0.800 bits per heavy atom. The molecule has 0 aromatic rings. The Morgan fingerprint density at radius 3 is 1.27 bits per heavy atom. The Bertz CT molecular complexity index is 2490. The van der Waals surface area contributed by atoms with Gasteiger partial charge in [-0.25, -0.2) is 0 Å². The van der Waals surface area contributed by atoms with Crippen molar-refractivity contribution < 1.29 is 68.1 Å². The quantitative estimate of drug-likeness (QED) is 0.0633. The molecule has 95 heavy (non-hydrogen) atoms. The van der Waals surface area contributed by atoms with E-state index in [1.165, 1.54) is 104 Å². The molecular weight excluding hydrogens is 1240 g/mol. The summed E-state index contributed by atoms with van der Waals surface area (Å²) in [5.41, 5.74) is 0. The summed E-state index contributed by atoms with van der Waals surface area (Å²) in [7, 11) is 10.0. The minimum Gasteiger partial charge on any atom is -0.396 e. The van der Waals surface area contributed by atoms with Gasteiger partial charge < -0.3 is 70.9 Å². The maximum atomic E-state index is 15.4. The number of thioether (sulfide) groups is 1. The van der Waals surface area contributed by atoms with Gasteiger partial charge in [-0.15, -0.1) is 0 Å². The van der Waals surface area contributed by atoms with Crippen molar-refractivity contribution in [1.82, 2.24) is 55.6 Å². The lowest BCUT2D eigenvalue weighted by Crippen LogP contribution is -2.64. The first kappa shape index (κ1) is 87.4. The number of hydrogen-bond acceptors (Lipinski definition) is 15. The standard InChI is InChI=1S/C69H127N11O14S/c1-24-49-64(89)78(21)54(39-95-34-30-29-33-82)67(92)74(17)51(36-41(4)5)61(86)73-55(44(10)11)68(93)75(18)50(35-40(2)3)60(85)70-47(15)59(84)71-48(16)63(88)76(19)52(37-42(6)7)65(90)77(20)53(38-43(8)9)66(91)79(22)56(45(12)13)69(94)80(23)57(62(87)72-49)58(83)46(14)31-27-25-26-28-32-81/h40-58,81-83H,24-39H2,1-23H3,(H,70,85)(H,71,84)(H,72,87)(H,73,86)/t46-,47+,48-,49+,50+,51+,52+,53+,54-,55+,56+,57+,58-/m1/s1. The fourth-order valence-corrected chi connectivity index (χ4v) is 13.3. The van der Waals surface area contributed by atoms with E-state index in [1.54, 1.807) is 41.5 Å². The highest BCUT2D eigenvalue weighted by Gasteiger charge is 2.46. The smallest absolute Gasteiger partial charge is 0.246 e. The summed E-state index contributed by atoms with van der Waals surface area (Å²) in [5.74, 6) is -9.48. The van der Waals surface area contributed by atoms with E-state index >= 15 is 28.8 Å². The molecular formula is C69H127N11O14S. The lowest BCUT2D eigenvalue weighted by molar-refractivity contribution is -0.157. The maximum Gasteiger partial charge on any atom is 0.246 e. The molecule has 0 spiro atoms. The van der Waals surface area contributed by atoms with Crippen molar-refractivity contribution in [2.45, 2.75) is 260 Å². The molecule has 1 saturated heterocycles. The molecule has 0 aromatic heterocycles. The summed E-state index contributed by atoms with van der Waals surface area (Å²) < 4.78 is 0. The molecule has 0 radical (unpaired) electrons. The molecule has 25 nitrogen and oxygen atoms in total. The van der Waals surface area contributed by atoms with Crippen LogP contribution in [0, 0.1) is 41.4 Å². The topological polar surface area (TPSA) is 319 Å². The summed E-state index contributed by atoms with van der Waals surface area (Å²) >= 11 is 1.35. The molecule has 0 aliphatic carbocycles. The number of nitrogens with zero attached hydrogens (tertiary/aromatic N) is 7. The van der Waals surface area contributed by atoms with Crippen LogP contribution >= 0.6 is 11.8 Å². The Morgan fingerprint density at radius 1 is 0.400 bits per heavy atom. The highest BCUT2D eigenvalue weighted by Crippen LogP contribution is 2.27. The van der Waals surface area contributed by atoms with Crippen molar-refractivity contribution in [3.8, 4) is 0 Å². The van der Waals surface area contributed by atoms with Crippen LogP contribution in [0.15, 0.2) is 0 Å². The van der Waals surface area contributed by atoms with Crippen molar-refractivity contribution in [3.05, 3.63) is 0 Å². The minimum atomic E-state index is -1.65. The molecule has 26 heteroatoms. The molecule has 1 fully saturated rings. The maximum absolute atomic E-state index is 15.4. The average molecular weight is 1370 g/mol. The van der Waals surface area contributed by atoms with Gasteiger partial charge in [0.1, 0.15) is 66.5 Å². The van der Waals surface area contributed by atoms with E-state index in [0.29, 0.717) is 44.3 Å². The molecule has 0 unspecified atom stereocenters. The number of amides is 11. The van der Waals surface area contributed by atoms with Gasteiger partial charge in [-0.3, -0.25) is 52.7 Å². The summed E-state index contributed by atoms with van der Waals surface area (Å²) in [6.45, 7) is 28.1. The van der Waals surface area contributed by atoms with Crippen molar-refractivity contribution in [1.29, 1.82) is 0 Å². The number of hydrogen-bond donors (Lipinski definition) is 7. The zero-order valence-electron chi connectivity index (χ0n) is 62.2. The molecule has 0 saturated carbocycles. The summed E-state index contributed by atoms with van der Waals surface area (Å²) in [4.78, 5) is 173. The van der Waals surface area contributed by atoms with Crippen molar-refractivity contribution in [3.63, 3.8) is 0 Å². The van der Waals surface area contributed by atoms with Gasteiger partial charge in [0.25, 0.3) is 0 Å². The fraction of sp³-hybridized carbons (Fsp3) is 0.841. The van der Waals surface area contributed by atoms with Crippen molar-refractivity contribution >= 4 is 76.7 Å². The highest BCUT2D eigenvalue weighted by atomic mass is 32.2. The van der Waals surface area contributed by atoms with Crippen LogP contribution in [0.2, 0.25) is 0 Å². The zero-order chi connectivity index (χ0) is 73.2. The molecule has 7 N–H and O–H groups in total. The van der Waals surface area contributed by atoms with Crippen LogP contribution in [0.4, 0.5) is 0 Å². The number of rotatable bonds is 25. The van der Waals surface area contributed by atoms with Gasteiger partial charge in [0.2, 0.25) is 65.0 Å². The van der Waals surface area contributed by atoms with E-state index in [0.717, 1.165) is 11.3 Å². The van der Waals surface area contributed by atoms with E-state index in [1.807, 2.05) is 55.4 Å². The predicted octanol–water partition coefficient (Wildman–Crippen LogP) is 4.12. The zero-order valence-corrected chi connectivity index (χ0v) is 63.0. The number of unbranched alkanes of at least 4 members (excludes halogenated alkanes) is 4. The van der Waals surface area contributed by atoms with Gasteiger partial charge in [0, 0.05) is 68.3 Å². The number of nitrogens with one attached hydrogen (secondary N) is 4. The second-order valence-corrected chi connectivity index (χ2v) is 30.1. The van der Waals surface area contributed by atoms with Gasteiger partial charge >= 0.3 is 0 Å². The SMILES string of the molecule is CC[C@@H]1NC(=O)[C@H]([C@H](O)[C@H](C)CCCCCCO)N(C)C(=O)[C@H](C(C)C)N(C)C(=O)[C@H](CC(C)C)N(C)C(=O)[C@H](CC(C)C)N(C)C(=O)[C@@H](C)NC(=O)[C@H](C)NC(=O)[C@H](CC(C)C)N(C)C(=O)[C@H](C(C)C)NC(=O)[C@H](CC(C)C)N(C)C(=O)[C@@H](CSCCCCO)N(C)C1=O. The van der Waals surface area contributed by atoms with Gasteiger partial charge in [-0.05, 0) is 119 Å². The molecule has 0 bridgehead atoms. The predicted molar refractivity (Wildman–Crippen MR) is 372 cm³/mol. The number of carbonyl (C=O) groups is 11. The summed E-state index contributed by atoms with van der Waals surface area (Å²) in [5, 5.41) is 42.6. The number of aliphatic hydroxyl groups excluding tert-OH is 3. The second kappa shape index (κ2) is 42.3. The van der Waals surface area contributed by atoms with Crippen molar-refractivity contribution in [2.24, 2.45) is 41.4 Å². The van der Waals surface area contributed by atoms with E-state index < -0.39 is 155 Å². The van der Waals surface area contributed by atoms with Gasteiger partial charge in [0.05, 0.1) is 6.10 Å². The Kier molecular flexibility index (Phi) is 38.9. The molecule has 1 rings (SSSR count). The van der Waals surface area contributed by atoms with Crippen LogP contribution in [0.25, 0.3) is 0 Å². The lowest BCUT2D eigenvalue weighted by Gasteiger charge is -2.41. The first-order valence-electron chi connectivity index (χ1n) is 34.7. The number of likely N-dealkylation sites (N-methyl/N-ethyl adjacent to an activating group) is 7. The van der Waals surface area contributed by atoms with E-state index in [2.05, 4.69) is 21.3 Å². The molecule has 0 aromatic carbocycles. The lowest BCUT2D eigenvalue weighted by atomic mass is 9.90. The molecule has 1 aliphatic heterocycles. The van der Waals surface area contributed by atoms with Crippen LogP contribution in [0.5, 0.6) is 0 Å². The Hall–Kier alpha value is -5.60. The van der Waals surface area contributed by atoms with Crippen molar-refractivity contribution in [2.75, 3.05) is 74.1 Å². The molecule has 1 aliphatic rings. The first-order chi connectivity index (χ1) is 44.2. The van der Waals surface area contributed by atoms with Gasteiger partial charge in [-0.2, -0.15) is 11.8 Å². The van der Waals surface area contributed by atoms with Crippen LogP contribution in [0.1, 0.15) is 188 Å². The average Bonchev–Trinajstić information content (AvgIpc) is 0.811. The highest BCUT2D eigenvalue weighted by molar-refractivity contribution is 7.99. The third-order valence-corrected chi connectivity index (χ3v) is 19.3. The van der Waals surface area contributed by atoms with Crippen LogP contribution in [0.3, 0.4) is 0 Å². The van der Waals surface area contributed by atoms with E-state index in [4.69, 9.17) is 0 Å². The van der Waals surface area contributed by atoms with Gasteiger partial charge in [0.15, 0.2) is 0 Å². The third kappa shape index (κ3) is 26.3. The number of aliphatic hydroxyl groups is 3. The van der Waals surface area contributed by atoms with E-state index in [-0.39, 0.29) is 74.7 Å². The minimum absolute atomic E-state index is 0.0162.